The molecule has 7 heteroatoms. The summed E-state index contributed by atoms with van der Waals surface area (Å²) >= 11 is 0. The van der Waals surface area contributed by atoms with Crippen LogP contribution in [0.25, 0.3) is 0 Å². The molecule has 1 unspecified atom stereocenters. The Balaban J connectivity index is 1.86. The van der Waals surface area contributed by atoms with E-state index in [0.717, 1.165) is 17.0 Å². The summed E-state index contributed by atoms with van der Waals surface area (Å²) in [6.45, 7) is 0.982. The quantitative estimate of drug-likeness (QED) is 0.750. The molecule has 1 aliphatic heterocycles. The third-order valence-electron chi connectivity index (χ3n) is 3.65. The molecule has 7 nitrogen and oxygen atoms in total. The Morgan fingerprint density at radius 1 is 1.35 bits per heavy atom. The maximum Gasteiger partial charge on any atom is 0.247 e. The van der Waals surface area contributed by atoms with Gasteiger partial charge in [-0.3, -0.25) is 9.78 Å². The molecule has 2 heterocycles. The lowest BCUT2D eigenvalue weighted by atomic mass is 10.2. The van der Waals surface area contributed by atoms with Crippen LogP contribution in [-0.4, -0.2) is 30.6 Å². The van der Waals surface area contributed by atoms with Gasteiger partial charge in [0, 0.05) is 24.6 Å². The second kappa shape index (κ2) is 7.19. The van der Waals surface area contributed by atoms with Gasteiger partial charge in [0.25, 0.3) is 0 Å². The first-order valence-corrected chi connectivity index (χ1v) is 7.35. The second-order valence-corrected chi connectivity index (χ2v) is 5.19. The molecule has 0 saturated carbocycles. The highest BCUT2D eigenvalue weighted by molar-refractivity contribution is 5.97. The molecule has 3 rings (SSSR count). The Morgan fingerprint density at radius 2 is 2.17 bits per heavy atom. The molecule has 1 aromatic heterocycles. The number of anilines is 1. The molecule has 1 atom stereocenters. The smallest absolute Gasteiger partial charge is 0.247 e. The summed E-state index contributed by atoms with van der Waals surface area (Å²) in [5.74, 6) is 0.737. The third kappa shape index (κ3) is 3.65. The Bertz CT molecular complexity index is 641. The summed E-state index contributed by atoms with van der Waals surface area (Å²) in [6, 6.07) is 10.9. The van der Waals surface area contributed by atoms with Gasteiger partial charge in [0.2, 0.25) is 5.91 Å². The van der Waals surface area contributed by atoms with Crippen molar-refractivity contribution in [2.24, 2.45) is 0 Å². The number of hydrogen-bond acceptors (Lipinski definition) is 6. The van der Waals surface area contributed by atoms with Crippen LogP contribution in [0.3, 0.4) is 0 Å². The van der Waals surface area contributed by atoms with E-state index in [1.165, 1.54) is 0 Å². The van der Waals surface area contributed by atoms with Crippen LogP contribution in [0.2, 0.25) is 0 Å². The maximum atomic E-state index is 12.8. The van der Waals surface area contributed by atoms with Gasteiger partial charge < -0.3 is 9.64 Å². The topological polar surface area (TPSA) is 78.5 Å². The summed E-state index contributed by atoms with van der Waals surface area (Å²) in [6.07, 6.45) is 3.48. The van der Waals surface area contributed by atoms with Crippen LogP contribution in [0.4, 0.5) is 5.69 Å². The van der Waals surface area contributed by atoms with E-state index >= 15 is 0 Å². The molecule has 120 valence electrons. The molecule has 23 heavy (non-hydrogen) atoms. The van der Waals surface area contributed by atoms with Crippen LogP contribution in [-0.2, 0) is 11.3 Å². The minimum atomic E-state index is -0.325. The maximum absolute atomic E-state index is 12.8. The summed E-state index contributed by atoms with van der Waals surface area (Å²) < 4.78 is 5.18. The standard InChI is InChI=1S/C16H19N5O2/c1-23-14-6-4-13(5-7-14)21(11-12-3-2-8-17-9-12)16(22)15-10-18-20-19-15/h2-9,15,18-20H,10-11H2,1H3. The minimum Gasteiger partial charge on any atom is -0.497 e. The summed E-state index contributed by atoms with van der Waals surface area (Å²) in [5, 5.41) is 0. The highest BCUT2D eigenvalue weighted by atomic mass is 16.5. The fraction of sp³-hybridized carbons (Fsp3) is 0.250. The number of ether oxygens (including phenoxy) is 1. The van der Waals surface area contributed by atoms with E-state index in [1.54, 1.807) is 24.4 Å². The predicted molar refractivity (Wildman–Crippen MR) is 86.5 cm³/mol. The number of carbonyl (C=O) groups excluding carboxylic acids is 1. The lowest BCUT2D eigenvalue weighted by Gasteiger charge is -2.25. The predicted octanol–water partition coefficient (Wildman–Crippen LogP) is 0.604. The van der Waals surface area contributed by atoms with Gasteiger partial charge >= 0.3 is 0 Å². The highest BCUT2D eigenvalue weighted by Crippen LogP contribution is 2.22. The molecule has 1 amide bonds. The van der Waals surface area contributed by atoms with Crippen molar-refractivity contribution in [3.63, 3.8) is 0 Å². The van der Waals surface area contributed by atoms with Crippen molar-refractivity contribution >= 4 is 11.6 Å². The number of benzene rings is 1. The van der Waals surface area contributed by atoms with E-state index in [0.29, 0.717) is 13.1 Å². The monoisotopic (exact) mass is 313 g/mol. The van der Waals surface area contributed by atoms with E-state index in [4.69, 9.17) is 4.74 Å². The molecular formula is C16H19N5O2. The number of pyridine rings is 1. The number of hydrazine groups is 2. The molecule has 0 aliphatic carbocycles. The van der Waals surface area contributed by atoms with Gasteiger partial charge in [0.15, 0.2) is 0 Å². The number of carbonyl (C=O) groups is 1. The number of amides is 1. The summed E-state index contributed by atoms with van der Waals surface area (Å²) in [4.78, 5) is 18.7. The Hall–Kier alpha value is -2.48. The third-order valence-corrected chi connectivity index (χ3v) is 3.65. The van der Waals surface area contributed by atoms with E-state index in [1.807, 2.05) is 36.4 Å². The van der Waals surface area contributed by atoms with Gasteiger partial charge in [0.1, 0.15) is 11.8 Å². The fourth-order valence-electron chi connectivity index (χ4n) is 2.41. The summed E-state index contributed by atoms with van der Waals surface area (Å²) in [7, 11) is 1.62. The number of hydrogen-bond donors (Lipinski definition) is 3. The molecule has 1 aliphatic rings. The van der Waals surface area contributed by atoms with Gasteiger partial charge in [-0.05, 0) is 35.9 Å². The van der Waals surface area contributed by atoms with Crippen molar-refractivity contribution in [1.29, 1.82) is 0 Å². The summed E-state index contributed by atoms with van der Waals surface area (Å²) in [5.41, 5.74) is 10.4. The molecule has 2 aromatic rings. The first-order valence-electron chi connectivity index (χ1n) is 7.35. The highest BCUT2D eigenvalue weighted by Gasteiger charge is 2.28. The Kier molecular flexibility index (Phi) is 4.82. The first-order chi connectivity index (χ1) is 11.3. The van der Waals surface area contributed by atoms with Crippen molar-refractivity contribution in [3.8, 4) is 5.75 Å². The van der Waals surface area contributed by atoms with Gasteiger partial charge in [-0.2, -0.15) is 5.53 Å². The van der Waals surface area contributed by atoms with E-state index in [-0.39, 0.29) is 11.9 Å². The number of nitrogens with zero attached hydrogens (tertiary/aromatic N) is 2. The average molecular weight is 313 g/mol. The molecule has 3 N–H and O–H groups in total. The van der Waals surface area contributed by atoms with Gasteiger partial charge in [0.05, 0.1) is 13.7 Å². The van der Waals surface area contributed by atoms with E-state index in [9.17, 15) is 4.79 Å². The second-order valence-electron chi connectivity index (χ2n) is 5.19. The Labute approximate surface area is 134 Å². The molecule has 1 aromatic carbocycles. The van der Waals surface area contributed by atoms with Gasteiger partial charge in [-0.1, -0.05) is 6.07 Å². The molecule has 0 spiro atoms. The van der Waals surface area contributed by atoms with E-state index < -0.39 is 0 Å². The lowest BCUT2D eigenvalue weighted by Crippen LogP contribution is -2.46. The number of aromatic nitrogens is 1. The van der Waals surface area contributed by atoms with Crippen molar-refractivity contribution in [2.45, 2.75) is 12.6 Å². The van der Waals surface area contributed by atoms with Gasteiger partial charge in [-0.25, -0.2) is 10.9 Å². The SMILES string of the molecule is COc1ccc(N(Cc2cccnc2)C(=O)C2CNNN2)cc1. The zero-order valence-electron chi connectivity index (χ0n) is 12.8. The largest absolute Gasteiger partial charge is 0.497 e. The molecular weight excluding hydrogens is 294 g/mol. The zero-order chi connectivity index (χ0) is 16.1. The van der Waals surface area contributed by atoms with E-state index in [2.05, 4.69) is 21.4 Å². The minimum absolute atomic E-state index is 0.0171. The Morgan fingerprint density at radius 3 is 2.78 bits per heavy atom. The average Bonchev–Trinajstić information content (AvgIpc) is 3.15. The van der Waals surface area contributed by atoms with Crippen LogP contribution < -0.4 is 26.0 Å². The molecule has 0 radical (unpaired) electrons. The van der Waals surface area contributed by atoms with Crippen molar-refractivity contribution < 1.29 is 9.53 Å². The van der Waals surface area contributed by atoms with Crippen molar-refractivity contribution in [2.75, 3.05) is 18.6 Å². The normalized spacial score (nSPS) is 17.0. The molecule has 0 bridgehead atoms. The van der Waals surface area contributed by atoms with Crippen LogP contribution in [0.1, 0.15) is 5.56 Å². The van der Waals surface area contributed by atoms with Crippen LogP contribution in [0.5, 0.6) is 5.75 Å². The molecule has 1 saturated heterocycles. The van der Waals surface area contributed by atoms with Crippen molar-refractivity contribution in [3.05, 3.63) is 54.4 Å². The van der Waals surface area contributed by atoms with Gasteiger partial charge in [-0.15, -0.1) is 0 Å². The zero-order valence-corrected chi connectivity index (χ0v) is 12.8. The molecule has 1 fully saturated rings. The van der Waals surface area contributed by atoms with Crippen LogP contribution in [0.15, 0.2) is 48.8 Å². The number of nitrogens with one attached hydrogen (secondary N) is 3. The number of rotatable bonds is 5. The lowest BCUT2D eigenvalue weighted by molar-refractivity contribution is -0.120. The van der Waals surface area contributed by atoms with Crippen molar-refractivity contribution in [1.82, 2.24) is 21.4 Å². The van der Waals surface area contributed by atoms with Crippen LogP contribution in [0, 0.1) is 0 Å². The fourth-order valence-corrected chi connectivity index (χ4v) is 2.41. The first kappa shape index (κ1) is 15.4. The van der Waals surface area contributed by atoms with Crippen LogP contribution >= 0.6 is 0 Å². The number of methoxy groups -OCH3 is 1.